The number of hydrogen-bond donors (Lipinski definition) is 0. The van der Waals surface area contributed by atoms with E-state index in [0.717, 1.165) is 5.56 Å². The van der Waals surface area contributed by atoms with E-state index in [9.17, 15) is 4.79 Å². The Balaban J connectivity index is 2.13. The first kappa shape index (κ1) is 11.9. The van der Waals surface area contributed by atoms with Crippen LogP contribution in [-0.4, -0.2) is 10.8 Å². The van der Waals surface area contributed by atoms with Crippen molar-refractivity contribution in [2.45, 2.75) is 6.92 Å². The number of ketones is 1. The lowest BCUT2D eigenvalue weighted by atomic mass is 10.2. The first-order chi connectivity index (χ1) is 8.69. The van der Waals surface area contributed by atoms with E-state index in [1.165, 1.54) is 13.1 Å². The van der Waals surface area contributed by atoms with E-state index in [0.29, 0.717) is 17.2 Å². The van der Waals surface area contributed by atoms with Crippen LogP contribution in [0.2, 0.25) is 0 Å². The number of hydrogen-bond acceptors (Lipinski definition) is 3. The highest BCUT2D eigenvalue weighted by molar-refractivity contribution is 5.93. The second-order valence-electron chi connectivity index (χ2n) is 3.71. The minimum atomic E-state index is -0.0209. The van der Waals surface area contributed by atoms with Crippen LogP contribution in [0.5, 0.6) is 11.6 Å². The van der Waals surface area contributed by atoms with Gasteiger partial charge < -0.3 is 4.74 Å². The summed E-state index contributed by atoms with van der Waals surface area (Å²) in [5.41, 5.74) is 1.35. The van der Waals surface area contributed by atoms with Crippen molar-refractivity contribution in [3.05, 3.63) is 53.7 Å². The van der Waals surface area contributed by atoms with Crippen molar-refractivity contribution in [2.24, 2.45) is 0 Å². The van der Waals surface area contributed by atoms with Crippen LogP contribution < -0.4 is 4.74 Å². The molecule has 0 aliphatic heterocycles. The van der Waals surface area contributed by atoms with E-state index in [4.69, 9.17) is 11.2 Å². The number of carbonyl (C=O) groups excluding carboxylic acids is 1. The lowest BCUT2D eigenvalue weighted by molar-refractivity contribution is 0.101. The molecule has 0 aliphatic rings. The van der Waals surface area contributed by atoms with Gasteiger partial charge in [0.25, 0.3) is 0 Å². The summed E-state index contributed by atoms with van der Waals surface area (Å²) >= 11 is 0. The maximum absolute atomic E-state index is 11.1. The van der Waals surface area contributed by atoms with Crippen LogP contribution in [0.15, 0.2) is 42.6 Å². The van der Waals surface area contributed by atoms with Gasteiger partial charge >= 0.3 is 0 Å². The molecule has 0 fully saturated rings. The van der Waals surface area contributed by atoms with Crippen molar-refractivity contribution in [3.8, 4) is 24.0 Å². The molecule has 0 radical (unpaired) electrons. The van der Waals surface area contributed by atoms with Crippen LogP contribution in [0.3, 0.4) is 0 Å². The Morgan fingerprint density at radius 1 is 1.22 bits per heavy atom. The third-order valence-electron chi connectivity index (χ3n) is 2.39. The Morgan fingerprint density at radius 2 is 1.94 bits per heavy atom. The standard InChI is InChI=1S/C15H11NO2/c1-3-12-4-7-14(8-5-12)18-15-9-6-13(10-16-15)11(2)17/h1,4-10H,2H3. The van der Waals surface area contributed by atoms with Crippen LogP contribution in [0.25, 0.3) is 0 Å². The normalized spacial score (nSPS) is 9.56. The molecule has 0 aliphatic carbocycles. The molecule has 0 amide bonds. The van der Waals surface area contributed by atoms with Gasteiger partial charge in [-0.3, -0.25) is 4.79 Å². The summed E-state index contributed by atoms with van der Waals surface area (Å²) in [5, 5.41) is 0. The number of carbonyl (C=O) groups is 1. The van der Waals surface area contributed by atoms with Crippen LogP contribution >= 0.6 is 0 Å². The fourth-order valence-corrected chi connectivity index (χ4v) is 1.39. The van der Waals surface area contributed by atoms with Crippen molar-refractivity contribution in [1.82, 2.24) is 4.98 Å². The molecule has 0 N–H and O–H groups in total. The summed E-state index contributed by atoms with van der Waals surface area (Å²) in [6.45, 7) is 1.50. The van der Waals surface area contributed by atoms with Crippen LogP contribution in [0.4, 0.5) is 0 Å². The molecule has 3 nitrogen and oxygen atoms in total. The average Bonchev–Trinajstić information content (AvgIpc) is 2.40. The van der Waals surface area contributed by atoms with E-state index >= 15 is 0 Å². The van der Waals surface area contributed by atoms with Gasteiger partial charge in [-0.1, -0.05) is 5.92 Å². The van der Waals surface area contributed by atoms with E-state index < -0.39 is 0 Å². The zero-order valence-electron chi connectivity index (χ0n) is 9.88. The molecule has 88 valence electrons. The molecule has 3 heteroatoms. The Labute approximate surface area is 105 Å². The second kappa shape index (κ2) is 5.15. The van der Waals surface area contributed by atoms with Gasteiger partial charge in [-0.2, -0.15) is 0 Å². The lowest BCUT2D eigenvalue weighted by Gasteiger charge is -2.04. The first-order valence-electron chi connectivity index (χ1n) is 5.40. The van der Waals surface area contributed by atoms with Crippen molar-refractivity contribution in [3.63, 3.8) is 0 Å². The van der Waals surface area contributed by atoms with E-state index in [1.807, 2.05) is 0 Å². The maximum Gasteiger partial charge on any atom is 0.219 e. The average molecular weight is 237 g/mol. The molecule has 0 saturated heterocycles. The fourth-order valence-electron chi connectivity index (χ4n) is 1.39. The number of benzene rings is 1. The molecule has 1 aromatic heterocycles. The maximum atomic E-state index is 11.1. The molecule has 0 atom stereocenters. The smallest absolute Gasteiger partial charge is 0.219 e. The number of ether oxygens (including phenoxy) is 1. The predicted octanol–water partition coefficient (Wildman–Crippen LogP) is 3.06. The Kier molecular flexibility index (Phi) is 3.40. The van der Waals surface area contributed by atoms with Crippen LogP contribution in [-0.2, 0) is 0 Å². The minimum absolute atomic E-state index is 0.0209. The number of terminal acetylenes is 1. The first-order valence-corrected chi connectivity index (χ1v) is 5.40. The number of nitrogens with zero attached hydrogens (tertiary/aromatic N) is 1. The van der Waals surface area contributed by atoms with Gasteiger partial charge in [0.2, 0.25) is 5.88 Å². The van der Waals surface area contributed by atoms with Gasteiger partial charge in [0.15, 0.2) is 5.78 Å². The molecule has 2 rings (SSSR count). The minimum Gasteiger partial charge on any atom is -0.439 e. The predicted molar refractivity (Wildman–Crippen MR) is 68.7 cm³/mol. The topological polar surface area (TPSA) is 39.2 Å². The third-order valence-corrected chi connectivity index (χ3v) is 2.39. The van der Waals surface area contributed by atoms with Gasteiger partial charge in [-0.25, -0.2) is 4.98 Å². The monoisotopic (exact) mass is 237 g/mol. The van der Waals surface area contributed by atoms with Gasteiger partial charge in [0.05, 0.1) is 0 Å². The Morgan fingerprint density at radius 3 is 2.44 bits per heavy atom. The summed E-state index contributed by atoms with van der Waals surface area (Å²) in [6, 6.07) is 10.5. The molecule has 2 aromatic rings. The highest BCUT2D eigenvalue weighted by atomic mass is 16.5. The zero-order valence-corrected chi connectivity index (χ0v) is 9.88. The second-order valence-corrected chi connectivity index (χ2v) is 3.71. The third kappa shape index (κ3) is 2.74. The van der Waals surface area contributed by atoms with Gasteiger partial charge in [0, 0.05) is 23.4 Å². The summed E-state index contributed by atoms with van der Waals surface area (Å²) in [5.74, 6) is 3.60. The lowest BCUT2D eigenvalue weighted by Crippen LogP contribution is -1.94. The fraction of sp³-hybridized carbons (Fsp3) is 0.0667. The molecule has 1 heterocycles. The molecule has 0 bridgehead atoms. The molecular weight excluding hydrogens is 226 g/mol. The van der Waals surface area contributed by atoms with Crippen molar-refractivity contribution in [1.29, 1.82) is 0 Å². The summed E-state index contributed by atoms with van der Waals surface area (Å²) in [7, 11) is 0. The van der Waals surface area contributed by atoms with Gasteiger partial charge in [0.1, 0.15) is 5.75 Å². The van der Waals surface area contributed by atoms with Gasteiger partial charge in [-0.15, -0.1) is 6.42 Å². The highest BCUT2D eigenvalue weighted by Gasteiger charge is 2.02. The molecule has 18 heavy (non-hydrogen) atoms. The molecular formula is C15H11NO2. The van der Waals surface area contributed by atoms with Crippen molar-refractivity contribution < 1.29 is 9.53 Å². The summed E-state index contributed by atoms with van der Waals surface area (Å²) in [4.78, 5) is 15.1. The van der Waals surface area contributed by atoms with Crippen molar-refractivity contribution >= 4 is 5.78 Å². The Hall–Kier alpha value is -2.60. The molecule has 1 aromatic carbocycles. The van der Waals surface area contributed by atoms with Crippen molar-refractivity contribution in [2.75, 3.05) is 0 Å². The number of Topliss-reactive ketones (excluding diaryl/α,β-unsaturated/α-hetero) is 1. The molecule has 0 unspecified atom stereocenters. The summed E-state index contributed by atoms with van der Waals surface area (Å²) < 4.78 is 5.52. The number of pyridine rings is 1. The van der Waals surface area contributed by atoms with E-state index in [2.05, 4.69) is 10.9 Å². The quantitative estimate of drug-likeness (QED) is 0.608. The van der Waals surface area contributed by atoms with Gasteiger partial charge in [-0.05, 0) is 37.3 Å². The summed E-state index contributed by atoms with van der Waals surface area (Å²) in [6.07, 6.45) is 6.76. The SMILES string of the molecule is C#Cc1ccc(Oc2ccc(C(C)=O)cn2)cc1. The largest absolute Gasteiger partial charge is 0.439 e. The van der Waals surface area contributed by atoms with Crippen LogP contribution in [0.1, 0.15) is 22.8 Å². The highest BCUT2D eigenvalue weighted by Crippen LogP contribution is 2.19. The van der Waals surface area contributed by atoms with E-state index in [-0.39, 0.29) is 5.78 Å². The number of rotatable bonds is 3. The molecule has 0 saturated carbocycles. The molecule has 0 spiro atoms. The zero-order chi connectivity index (χ0) is 13.0. The van der Waals surface area contributed by atoms with Crippen LogP contribution in [0, 0.1) is 12.3 Å². The Bertz CT molecular complexity index is 592. The van der Waals surface area contributed by atoms with E-state index in [1.54, 1.807) is 36.4 Å². The number of aromatic nitrogens is 1.